The molecule has 1 saturated heterocycles. The van der Waals surface area contributed by atoms with E-state index >= 15 is 0 Å². The van der Waals surface area contributed by atoms with Gasteiger partial charge in [0.2, 0.25) is 0 Å². The van der Waals surface area contributed by atoms with Crippen molar-refractivity contribution in [3.63, 3.8) is 0 Å². The van der Waals surface area contributed by atoms with Crippen molar-refractivity contribution < 1.29 is 0 Å². The van der Waals surface area contributed by atoms with Crippen LogP contribution in [-0.4, -0.2) is 35.1 Å². The monoisotopic (exact) mass is 275 g/mol. The van der Waals surface area contributed by atoms with E-state index in [-0.39, 0.29) is 0 Å². The molecule has 1 heterocycles. The van der Waals surface area contributed by atoms with Gasteiger partial charge in [0, 0.05) is 28.6 Å². The Morgan fingerprint density at radius 1 is 1.12 bits per heavy atom. The van der Waals surface area contributed by atoms with Crippen LogP contribution in [0.5, 0.6) is 0 Å². The standard InChI is InChI=1S/C14H29NS2/c1-3-5-6-7-8-13(15-9-4-2)14-12-16-10-11-17-14/h13-15H,3-12H2,1-2H3. The highest BCUT2D eigenvalue weighted by atomic mass is 32.2. The summed E-state index contributed by atoms with van der Waals surface area (Å²) in [5.74, 6) is 4.08. The van der Waals surface area contributed by atoms with E-state index in [1.807, 2.05) is 0 Å². The molecule has 17 heavy (non-hydrogen) atoms. The molecule has 0 aromatic rings. The number of thioether (sulfide) groups is 2. The van der Waals surface area contributed by atoms with Gasteiger partial charge in [0.25, 0.3) is 0 Å². The molecule has 0 aliphatic carbocycles. The van der Waals surface area contributed by atoms with Gasteiger partial charge in [0.15, 0.2) is 0 Å². The smallest absolute Gasteiger partial charge is 0.0291 e. The van der Waals surface area contributed by atoms with E-state index in [0.717, 1.165) is 11.3 Å². The maximum atomic E-state index is 3.78. The second kappa shape index (κ2) is 10.6. The van der Waals surface area contributed by atoms with E-state index in [9.17, 15) is 0 Å². The zero-order valence-corrected chi connectivity index (χ0v) is 13.2. The highest BCUT2D eigenvalue weighted by Crippen LogP contribution is 2.28. The van der Waals surface area contributed by atoms with Crippen LogP contribution in [0.2, 0.25) is 0 Å². The molecule has 1 aliphatic rings. The van der Waals surface area contributed by atoms with Gasteiger partial charge >= 0.3 is 0 Å². The second-order valence-corrected chi connectivity index (χ2v) is 7.39. The Balaban J connectivity index is 2.25. The summed E-state index contributed by atoms with van der Waals surface area (Å²) in [4.78, 5) is 0. The van der Waals surface area contributed by atoms with E-state index in [1.54, 1.807) is 0 Å². The molecule has 2 atom stereocenters. The Bertz CT molecular complexity index is 170. The summed E-state index contributed by atoms with van der Waals surface area (Å²) in [6.45, 7) is 5.75. The van der Waals surface area contributed by atoms with Gasteiger partial charge in [0.05, 0.1) is 0 Å². The summed E-state index contributed by atoms with van der Waals surface area (Å²) in [7, 11) is 0. The lowest BCUT2D eigenvalue weighted by Gasteiger charge is -2.30. The van der Waals surface area contributed by atoms with Crippen LogP contribution in [-0.2, 0) is 0 Å². The third kappa shape index (κ3) is 6.97. The fourth-order valence-corrected chi connectivity index (χ4v) is 5.21. The van der Waals surface area contributed by atoms with Gasteiger partial charge in [0.1, 0.15) is 0 Å². The Kier molecular flexibility index (Phi) is 9.77. The van der Waals surface area contributed by atoms with Gasteiger partial charge in [-0.25, -0.2) is 0 Å². The van der Waals surface area contributed by atoms with Crippen LogP contribution in [0.25, 0.3) is 0 Å². The first-order chi connectivity index (χ1) is 8.38. The molecule has 1 fully saturated rings. The van der Waals surface area contributed by atoms with Crippen molar-refractivity contribution in [3.8, 4) is 0 Å². The molecule has 1 nitrogen and oxygen atoms in total. The zero-order valence-electron chi connectivity index (χ0n) is 11.5. The lowest BCUT2D eigenvalue weighted by Crippen LogP contribution is -2.41. The molecular weight excluding hydrogens is 246 g/mol. The molecule has 1 N–H and O–H groups in total. The average Bonchev–Trinajstić information content (AvgIpc) is 2.39. The quantitative estimate of drug-likeness (QED) is 0.634. The number of hydrogen-bond donors (Lipinski definition) is 1. The van der Waals surface area contributed by atoms with Crippen molar-refractivity contribution in [2.45, 2.75) is 63.7 Å². The van der Waals surface area contributed by atoms with Crippen LogP contribution in [0.15, 0.2) is 0 Å². The van der Waals surface area contributed by atoms with Gasteiger partial charge < -0.3 is 5.32 Å². The fraction of sp³-hybridized carbons (Fsp3) is 1.00. The van der Waals surface area contributed by atoms with Gasteiger partial charge in [-0.3, -0.25) is 0 Å². The van der Waals surface area contributed by atoms with Crippen LogP contribution in [0.1, 0.15) is 52.4 Å². The lowest BCUT2D eigenvalue weighted by molar-refractivity contribution is 0.454. The van der Waals surface area contributed by atoms with Crippen molar-refractivity contribution in [1.82, 2.24) is 5.32 Å². The molecule has 1 rings (SSSR count). The number of hydrogen-bond acceptors (Lipinski definition) is 3. The molecule has 0 saturated carbocycles. The highest BCUT2D eigenvalue weighted by molar-refractivity contribution is 8.06. The number of nitrogens with one attached hydrogen (secondary N) is 1. The van der Waals surface area contributed by atoms with E-state index in [2.05, 4.69) is 42.7 Å². The summed E-state index contributed by atoms with van der Waals surface area (Å²) in [6.07, 6.45) is 8.24. The molecule has 2 unspecified atom stereocenters. The Labute approximate surface area is 116 Å². The van der Waals surface area contributed by atoms with Crippen LogP contribution in [0.3, 0.4) is 0 Å². The molecular formula is C14H29NS2. The number of unbranched alkanes of at least 4 members (excludes halogenated alkanes) is 3. The molecule has 3 heteroatoms. The molecule has 0 bridgehead atoms. The molecule has 0 amide bonds. The minimum atomic E-state index is 0.768. The summed E-state index contributed by atoms with van der Waals surface area (Å²) in [5, 5.41) is 4.64. The zero-order chi connectivity index (χ0) is 12.3. The van der Waals surface area contributed by atoms with Crippen molar-refractivity contribution in [2.24, 2.45) is 0 Å². The molecule has 0 aromatic heterocycles. The van der Waals surface area contributed by atoms with E-state index < -0.39 is 0 Å². The molecule has 102 valence electrons. The fourth-order valence-electron chi connectivity index (χ4n) is 2.28. The first-order valence-corrected chi connectivity index (χ1v) is 9.51. The van der Waals surface area contributed by atoms with Crippen molar-refractivity contribution in [2.75, 3.05) is 23.8 Å². The van der Waals surface area contributed by atoms with Crippen molar-refractivity contribution in [1.29, 1.82) is 0 Å². The number of rotatable bonds is 9. The van der Waals surface area contributed by atoms with E-state index in [4.69, 9.17) is 0 Å². The van der Waals surface area contributed by atoms with Crippen molar-refractivity contribution in [3.05, 3.63) is 0 Å². The first kappa shape index (κ1) is 15.7. The van der Waals surface area contributed by atoms with E-state index in [0.29, 0.717) is 0 Å². The van der Waals surface area contributed by atoms with Gasteiger partial charge in [-0.2, -0.15) is 23.5 Å². The minimum Gasteiger partial charge on any atom is -0.313 e. The van der Waals surface area contributed by atoms with Gasteiger partial charge in [-0.15, -0.1) is 0 Å². The Morgan fingerprint density at radius 2 is 2.00 bits per heavy atom. The SMILES string of the molecule is CCCCCCC(NCCC)C1CSCCS1. The van der Waals surface area contributed by atoms with Gasteiger partial charge in [-0.05, 0) is 19.4 Å². The Morgan fingerprint density at radius 3 is 2.65 bits per heavy atom. The maximum absolute atomic E-state index is 3.78. The van der Waals surface area contributed by atoms with Crippen LogP contribution < -0.4 is 5.32 Å². The predicted octanol–water partition coefficient (Wildman–Crippen LogP) is 4.17. The van der Waals surface area contributed by atoms with Crippen molar-refractivity contribution >= 4 is 23.5 Å². The van der Waals surface area contributed by atoms with Crippen LogP contribution in [0, 0.1) is 0 Å². The summed E-state index contributed by atoms with van der Waals surface area (Å²) in [5.41, 5.74) is 0. The molecule has 0 spiro atoms. The predicted molar refractivity (Wildman–Crippen MR) is 84.4 cm³/mol. The molecule has 1 aliphatic heterocycles. The average molecular weight is 276 g/mol. The van der Waals surface area contributed by atoms with Gasteiger partial charge in [-0.1, -0.05) is 39.5 Å². The first-order valence-electron chi connectivity index (χ1n) is 7.31. The van der Waals surface area contributed by atoms with Crippen LogP contribution in [0.4, 0.5) is 0 Å². The Hall–Kier alpha value is 0.660. The summed E-state index contributed by atoms with van der Waals surface area (Å²) < 4.78 is 0. The molecule has 0 aromatic carbocycles. The van der Waals surface area contributed by atoms with E-state index in [1.165, 1.54) is 62.3 Å². The third-order valence-corrected chi connectivity index (χ3v) is 6.24. The highest BCUT2D eigenvalue weighted by Gasteiger charge is 2.23. The summed E-state index contributed by atoms with van der Waals surface area (Å²) in [6, 6.07) is 0.768. The third-order valence-electron chi connectivity index (χ3n) is 3.32. The normalized spacial score (nSPS) is 22.6. The second-order valence-electron chi connectivity index (χ2n) is 4.89. The topological polar surface area (TPSA) is 12.0 Å². The minimum absolute atomic E-state index is 0.768. The maximum Gasteiger partial charge on any atom is 0.0291 e. The molecule has 0 radical (unpaired) electrons. The lowest BCUT2D eigenvalue weighted by atomic mass is 10.0. The van der Waals surface area contributed by atoms with Crippen LogP contribution >= 0.6 is 23.5 Å². The summed E-state index contributed by atoms with van der Waals surface area (Å²) >= 11 is 4.35. The largest absolute Gasteiger partial charge is 0.313 e.